The van der Waals surface area contributed by atoms with Gasteiger partial charge in [0.25, 0.3) is 0 Å². The van der Waals surface area contributed by atoms with Gasteiger partial charge in [-0.2, -0.15) is 0 Å². The maximum absolute atomic E-state index is 11.2. The first-order valence-electron chi connectivity index (χ1n) is 7.32. The van der Waals surface area contributed by atoms with Gasteiger partial charge in [0.15, 0.2) is 0 Å². The van der Waals surface area contributed by atoms with Crippen LogP contribution in [-0.2, 0) is 6.54 Å². The zero-order valence-electron chi connectivity index (χ0n) is 12.3. The molecule has 0 aromatic heterocycles. The van der Waals surface area contributed by atoms with E-state index < -0.39 is 5.97 Å². The molecule has 0 bridgehead atoms. The smallest absolute Gasteiger partial charge is 0.336 e. The van der Waals surface area contributed by atoms with Gasteiger partial charge < -0.3 is 10.4 Å². The second-order valence-corrected chi connectivity index (χ2v) is 5.10. The van der Waals surface area contributed by atoms with Crippen LogP contribution in [0.2, 0.25) is 0 Å². The van der Waals surface area contributed by atoms with Crippen molar-refractivity contribution in [3.8, 4) is 0 Å². The van der Waals surface area contributed by atoms with E-state index >= 15 is 0 Å². The van der Waals surface area contributed by atoms with Crippen LogP contribution in [0.3, 0.4) is 0 Å². The second-order valence-electron chi connectivity index (χ2n) is 5.10. The standard InChI is InChI=1S/C18H21NO2/c1-2-8-17(14-9-4-3-5-10-14)19-13-15-11-6-7-12-16(15)18(20)21/h3-7,9-12,17,19H,2,8,13H2,1H3,(H,20,21). The Morgan fingerprint density at radius 3 is 2.43 bits per heavy atom. The van der Waals surface area contributed by atoms with Gasteiger partial charge in [0.05, 0.1) is 5.56 Å². The molecule has 0 aliphatic rings. The average Bonchev–Trinajstić information content (AvgIpc) is 2.52. The topological polar surface area (TPSA) is 49.3 Å². The first-order valence-corrected chi connectivity index (χ1v) is 7.32. The van der Waals surface area contributed by atoms with E-state index in [1.54, 1.807) is 12.1 Å². The van der Waals surface area contributed by atoms with E-state index in [0.29, 0.717) is 12.1 Å². The molecule has 3 nitrogen and oxygen atoms in total. The molecule has 2 aromatic rings. The zero-order valence-corrected chi connectivity index (χ0v) is 12.3. The Hall–Kier alpha value is -2.13. The van der Waals surface area contributed by atoms with Crippen LogP contribution in [0.1, 0.15) is 47.3 Å². The quantitative estimate of drug-likeness (QED) is 0.807. The number of carboxylic acids is 1. The molecule has 1 atom stereocenters. The molecule has 0 fully saturated rings. The first-order chi connectivity index (χ1) is 10.2. The maximum atomic E-state index is 11.2. The highest BCUT2D eigenvalue weighted by atomic mass is 16.4. The summed E-state index contributed by atoms with van der Waals surface area (Å²) in [5, 5.41) is 12.7. The van der Waals surface area contributed by atoms with Gasteiger partial charge in [-0.3, -0.25) is 0 Å². The molecular weight excluding hydrogens is 262 g/mol. The molecule has 1 unspecified atom stereocenters. The summed E-state index contributed by atoms with van der Waals surface area (Å²) >= 11 is 0. The lowest BCUT2D eigenvalue weighted by Gasteiger charge is -2.19. The number of benzene rings is 2. The minimum atomic E-state index is -0.876. The predicted molar refractivity (Wildman–Crippen MR) is 84.3 cm³/mol. The van der Waals surface area contributed by atoms with Crippen LogP contribution in [0.25, 0.3) is 0 Å². The van der Waals surface area contributed by atoms with Crippen molar-refractivity contribution >= 4 is 5.97 Å². The van der Waals surface area contributed by atoms with E-state index in [9.17, 15) is 9.90 Å². The van der Waals surface area contributed by atoms with Crippen molar-refractivity contribution in [2.45, 2.75) is 32.4 Å². The van der Waals surface area contributed by atoms with E-state index in [-0.39, 0.29) is 6.04 Å². The van der Waals surface area contributed by atoms with Crippen LogP contribution in [0.5, 0.6) is 0 Å². The molecule has 2 aromatic carbocycles. The van der Waals surface area contributed by atoms with Gasteiger partial charge in [0.2, 0.25) is 0 Å². The third-order valence-electron chi connectivity index (χ3n) is 3.57. The molecule has 0 saturated heterocycles. The van der Waals surface area contributed by atoms with Crippen LogP contribution in [0.4, 0.5) is 0 Å². The molecule has 2 rings (SSSR count). The summed E-state index contributed by atoms with van der Waals surface area (Å²) in [6.45, 7) is 2.71. The molecule has 0 amide bonds. The number of nitrogens with one attached hydrogen (secondary N) is 1. The van der Waals surface area contributed by atoms with E-state index in [4.69, 9.17) is 0 Å². The molecule has 0 aliphatic carbocycles. The van der Waals surface area contributed by atoms with Crippen LogP contribution >= 0.6 is 0 Å². The highest BCUT2D eigenvalue weighted by molar-refractivity contribution is 5.89. The summed E-state index contributed by atoms with van der Waals surface area (Å²) in [7, 11) is 0. The van der Waals surface area contributed by atoms with E-state index in [1.807, 2.05) is 30.3 Å². The second kappa shape index (κ2) is 7.60. The number of carbonyl (C=O) groups is 1. The van der Waals surface area contributed by atoms with Gasteiger partial charge in [-0.15, -0.1) is 0 Å². The summed E-state index contributed by atoms with van der Waals surface area (Å²) in [4.78, 5) is 11.2. The molecule has 21 heavy (non-hydrogen) atoms. The monoisotopic (exact) mass is 283 g/mol. The fraction of sp³-hybridized carbons (Fsp3) is 0.278. The molecule has 0 spiro atoms. The third-order valence-corrected chi connectivity index (χ3v) is 3.57. The van der Waals surface area contributed by atoms with Gasteiger partial charge >= 0.3 is 5.97 Å². The predicted octanol–water partition coefficient (Wildman–Crippen LogP) is 4.02. The Balaban J connectivity index is 2.11. The molecular formula is C18H21NO2. The van der Waals surface area contributed by atoms with Crippen LogP contribution in [0.15, 0.2) is 54.6 Å². The number of hydrogen-bond acceptors (Lipinski definition) is 2. The average molecular weight is 283 g/mol. The van der Waals surface area contributed by atoms with Crippen molar-refractivity contribution in [3.05, 3.63) is 71.3 Å². The van der Waals surface area contributed by atoms with E-state index in [0.717, 1.165) is 18.4 Å². The molecule has 110 valence electrons. The highest BCUT2D eigenvalue weighted by Crippen LogP contribution is 2.19. The van der Waals surface area contributed by atoms with Crippen molar-refractivity contribution < 1.29 is 9.90 Å². The van der Waals surface area contributed by atoms with Gasteiger partial charge in [-0.1, -0.05) is 61.9 Å². The lowest BCUT2D eigenvalue weighted by atomic mass is 10.0. The van der Waals surface area contributed by atoms with Crippen molar-refractivity contribution in [1.82, 2.24) is 5.32 Å². The van der Waals surface area contributed by atoms with Gasteiger partial charge in [0, 0.05) is 12.6 Å². The Morgan fingerprint density at radius 2 is 1.76 bits per heavy atom. The van der Waals surface area contributed by atoms with Crippen molar-refractivity contribution in [2.24, 2.45) is 0 Å². The largest absolute Gasteiger partial charge is 0.478 e. The molecule has 2 N–H and O–H groups in total. The third kappa shape index (κ3) is 4.17. The van der Waals surface area contributed by atoms with Gasteiger partial charge in [-0.25, -0.2) is 4.79 Å². The Morgan fingerprint density at radius 1 is 1.10 bits per heavy atom. The lowest BCUT2D eigenvalue weighted by molar-refractivity contribution is 0.0695. The molecule has 0 radical (unpaired) electrons. The lowest BCUT2D eigenvalue weighted by Crippen LogP contribution is -2.22. The van der Waals surface area contributed by atoms with Gasteiger partial charge in [0.1, 0.15) is 0 Å². The zero-order chi connectivity index (χ0) is 15.1. The number of carboxylic acid groups (broad SMARTS) is 1. The van der Waals surface area contributed by atoms with E-state index in [1.165, 1.54) is 5.56 Å². The molecule has 0 heterocycles. The van der Waals surface area contributed by atoms with Crippen LogP contribution in [-0.4, -0.2) is 11.1 Å². The summed E-state index contributed by atoms with van der Waals surface area (Å²) in [6, 6.07) is 17.7. The summed E-state index contributed by atoms with van der Waals surface area (Å²) in [6.07, 6.45) is 2.10. The van der Waals surface area contributed by atoms with Crippen LogP contribution in [0, 0.1) is 0 Å². The molecule has 0 aliphatic heterocycles. The number of rotatable bonds is 7. The van der Waals surface area contributed by atoms with Gasteiger partial charge in [-0.05, 0) is 23.6 Å². The summed E-state index contributed by atoms with van der Waals surface area (Å²) in [5.74, 6) is -0.876. The van der Waals surface area contributed by atoms with Crippen molar-refractivity contribution in [3.63, 3.8) is 0 Å². The Labute approximate surface area is 125 Å². The minimum absolute atomic E-state index is 0.248. The fourth-order valence-electron chi connectivity index (χ4n) is 2.48. The first kappa shape index (κ1) is 15.3. The van der Waals surface area contributed by atoms with Crippen molar-refractivity contribution in [1.29, 1.82) is 0 Å². The number of hydrogen-bond donors (Lipinski definition) is 2. The van der Waals surface area contributed by atoms with Crippen molar-refractivity contribution in [2.75, 3.05) is 0 Å². The SMILES string of the molecule is CCCC(NCc1ccccc1C(=O)O)c1ccccc1. The maximum Gasteiger partial charge on any atom is 0.336 e. The minimum Gasteiger partial charge on any atom is -0.478 e. The van der Waals surface area contributed by atoms with E-state index in [2.05, 4.69) is 24.4 Å². The highest BCUT2D eigenvalue weighted by Gasteiger charge is 2.13. The summed E-state index contributed by atoms with van der Waals surface area (Å²) in [5.41, 5.74) is 2.43. The fourth-order valence-corrected chi connectivity index (χ4v) is 2.48. The normalized spacial score (nSPS) is 12.0. The van der Waals surface area contributed by atoms with Crippen LogP contribution < -0.4 is 5.32 Å². The Kier molecular flexibility index (Phi) is 5.52. The Bertz CT molecular complexity index is 581. The summed E-state index contributed by atoms with van der Waals surface area (Å²) < 4.78 is 0. The molecule has 3 heteroatoms. The molecule has 0 saturated carbocycles. The number of aromatic carboxylic acids is 1.